The Morgan fingerprint density at radius 1 is 1.42 bits per heavy atom. The van der Waals surface area contributed by atoms with Crippen LogP contribution in [0.15, 0.2) is 40.9 Å². The molecule has 0 spiro atoms. The Labute approximate surface area is 120 Å². The normalized spacial score (nSPS) is 11.1. The molecule has 102 valence electrons. The lowest BCUT2D eigenvalue weighted by Gasteiger charge is -2.04. The Bertz CT molecular complexity index is 465. The molecule has 0 aromatic heterocycles. The molecule has 0 aliphatic heterocycles. The van der Waals surface area contributed by atoms with Gasteiger partial charge in [0.15, 0.2) is 0 Å². The second-order valence-corrected chi connectivity index (χ2v) is 5.31. The molecule has 1 aromatic carbocycles. The maximum atomic E-state index is 11.6. The van der Waals surface area contributed by atoms with Gasteiger partial charge in [0, 0.05) is 17.9 Å². The van der Waals surface area contributed by atoms with E-state index in [-0.39, 0.29) is 10.3 Å². The number of hydrogen-bond acceptors (Lipinski definition) is 4. The van der Waals surface area contributed by atoms with Crippen LogP contribution in [-0.2, 0) is 0 Å². The molecule has 1 amide bonds. The van der Waals surface area contributed by atoms with Crippen molar-refractivity contribution in [2.45, 2.75) is 6.42 Å². The fourth-order valence-corrected chi connectivity index (χ4v) is 2.21. The number of amides is 1. The van der Waals surface area contributed by atoms with E-state index < -0.39 is 4.92 Å². The summed E-state index contributed by atoms with van der Waals surface area (Å²) in [5.41, 5.74) is 0.612. The number of carbonyl (C=O) groups excluding carboxylic acids is 1. The van der Waals surface area contributed by atoms with Crippen molar-refractivity contribution in [2.24, 2.45) is 0 Å². The van der Waals surface area contributed by atoms with Crippen molar-refractivity contribution >= 4 is 29.3 Å². The minimum Gasteiger partial charge on any atom is -0.352 e. The molecular formula is C12H13ClN2O3S. The summed E-state index contributed by atoms with van der Waals surface area (Å²) in [4.78, 5) is 21.2. The average molecular weight is 301 g/mol. The molecule has 1 N–H and O–H groups in total. The zero-order valence-corrected chi connectivity index (χ0v) is 11.6. The Kier molecular flexibility index (Phi) is 6.99. The number of thioether (sulfide) groups is 1. The highest BCUT2D eigenvalue weighted by Crippen LogP contribution is 2.20. The number of nitrogens with zero attached hydrogens (tertiary/aromatic N) is 1. The van der Waals surface area contributed by atoms with E-state index in [1.54, 1.807) is 24.3 Å². The van der Waals surface area contributed by atoms with E-state index in [0.29, 0.717) is 24.3 Å². The number of carbonyl (C=O) groups is 1. The van der Waals surface area contributed by atoms with Gasteiger partial charge >= 0.3 is 0 Å². The fraction of sp³-hybridized carbons (Fsp3) is 0.250. The first-order valence-electron chi connectivity index (χ1n) is 5.56. The highest BCUT2D eigenvalue weighted by Gasteiger charge is 2.03. The van der Waals surface area contributed by atoms with Gasteiger partial charge in [-0.3, -0.25) is 14.9 Å². The Morgan fingerprint density at radius 3 is 2.74 bits per heavy atom. The lowest BCUT2D eigenvalue weighted by Crippen LogP contribution is -2.24. The highest BCUT2D eigenvalue weighted by molar-refractivity contribution is 8.04. The van der Waals surface area contributed by atoms with Gasteiger partial charge in [0.05, 0.1) is 4.92 Å². The number of nitro groups is 1. The molecule has 0 aliphatic rings. The van der Waals surface area contributed by atoms with Crippen molar-refractivity contribution in [1.29, 1.82) is 0 Å². The molecule has 0 bridgehead atoms. The lowest BCUT2D eigenvalue weighted by atomic mass is 10.2. The van der Waals surface area contributed by atoms with Crippen LogP contribution in [0.3, 0.4) is 0 Å². The number of rotatable bonds is 7. The second-order valence-electron chi connectivity index (χ2n) is 3.54. The summed E-state index contributed by atoms with van der Waals surface area (Å²) < 4.78 is 0.138. The van der Waals surface area contributed by atoms with Crippen LogP contribution in [0.5, 0.6) is 0 Å². The van der Waals surface area contributed by atoms with E-state index in [2.05, 4.69) is 5.32 Å². The molecule has 0 radical (unpaired) electrons. The molecular weight excluding hydrogens is 288 g/mol. The van der Waals surface area contributed by atoms with Gasteiger partial charge in [0.2, 0.25) is 0 Å². The molecule has 5 nitrogen and oxygen atoms in total. The molecule has 1 aromatic rings. The number of benzene rings is 1. The third-order valence-electron chi connectivity index (χ3n) is 2.09. The summed E-state index contributed by atoms with van der Waals surface area (Å²) in [7, 11) is 0. The van der Waals surface area contributed by atoms with Crippen molar-refractivity contribution in [3.63, 3.8) is 0 Å². The van der Waals surface area contributed by atoms with Gasteiger partial charge in [-0.1, -0.05) is 29.8 Å². The summed E-state index contributed by atoms with van der Waals surface area (Å²) in [5, 5.41) is 12.9. The summed E-state index contributed by atoms with van der Waals surface area (Å²) in [6, 6.07) is 8.92. The van der Waals surface area contributed by atoms with Crippen molar-refractivity contribution in [3.8, 4) is 0 Å². The van der Waals surface area contributed by atoms with E-state index in [1.807, 2.05) is 6.07 Å². The third-order valence-corrected chi connectivity index (χ3v) is 3.39. The van der Waals surface area contributed by atoms with Crippen LogP contribution < -0.4 is 5.32 Å². The van der Waals surface area contributed by atoms with Gasteiger partial charge in [-0.2, -0.15) is 0 Å². The van der Waals surface area contributed by atoms with Gasteiger partial charge in [0.25, 0.3) is 12.1 Å². The monoisotopic (exact) mass is 300 g/mol. The summed E-state index contributed by atoms with van der Waals surface area (Å²) in [6.07, 6.45) is 1.44. The van der Waals surface area contributed by atoms with Gasteiger partial charge < -0.3 is 5.32 Å². The summed E-state index contributed by atoms with van der Waals surface area (Å²) in [5.74, 6) is 0.482. The number of nitrogens with one attached hydrogen (secondary N) is 1. The van der Waals surface area contributed by atoms with Crippen LogP contribution in [-0.4, -0.2) is 23.1 Å². The predicted molar refractivity (Wildman–Crippen MR) is 76.8 cm³/mol. The maximum absolute atomic E-state index is 11.6. The van der Waals surface area contributed by atoms with Crippen LogP contribution in [0.2, 0.25) is 0 Å². The molecule has 1 rings (SSSR count). The number of halogens is 1. The molecule has 19 heavy (non-hydrogen) atoms. The standard InChI is InChI=1S/C12H13ClN2O3S/c13-11(9-15(17)18)19-8-4-7-14-12(16)10-5-2-1-3-6-10/h1-3,5-6,9H,4,7-8H2,(H,14,16). The SMILES string of the molecule is O=C(NCCCSC(Cl)=C[N+](=O)[O-])c1ccccc1. The first-order chi connectivity index (χ1) is 9.09. The van der Waals surface area contributed by atoms with Crippen LogP contribution in [0.1, 0.15) is 16.8 Å². The van der Waals surface area contributed by atoms with Gasteiger partial charge in [-0.15, -0.1) is 11.8 Å². The zero-order chi connectivity index (χ0) is 14.1. The summed E-state index contributed by atoms with van der Waals surface area (Å²) >= 11 is 6.79. The fourth-order valence-electron chi connectivity index (χ4n) is 1.26. The zero-order valence-electron chi connectivity index (χ0n) is 10.0. The van der Waals surface area contributed by atoms with E-state index in [1.165, 1.54) is 11.8 Å². The van der Waals surface area contributed by atoms with E-state index in [9.17, 15) is 14.9 Å². The summed E-state index contributed by atoms with van der Waals surface area (Å²) in [6.45, 7) is 0.503. The van der Waals surface area contributed by atoms with Gasteiger partial charge in [-0.25, -0.2) is 0 Å². The van der Waals surface area contributed by atoms with Crippen molar-refractivity contribution in [3.05, 3.63) is 56.6 Å². The number of hydrogen-bond donors (Lipinski definition) is 1. The smallest absolute Gasteiger partial charge is 0.259 e. The topological polar surface area (TPSA) is 72.2 Å². The largest absolute Gasteiger partial charge is 0.352 e. The van der Waals surface area contributed by atoms with E-state index in [4.69, 9.17) is 11.6 Å². The molecule has 7 heteroatoms. The molecule has 0 unspecified atom stereocenters. The molecule has 0 atom stereocenters. The average Bonchev–Trinajstić information content (AvgIpc) is 2.38. The molecule has 0 fully saturated rings. The predicted octanol–water partition coefficient (Wildman–Crippen LogP) is 2.85. The van der Waals surface area contributed by atoms with Crippen LogP contribution in [0.4, 0.5) is 0 Å². The third kappa shape index (κ3) is 6.83. The van der Waals surface area contributed by atoms with Crippen LogP contribution in [0, 0.1) is 10.1 Å². The Balaban J connectivity index is 2.18. The van der Waals surface area contributed by atoms with Crippen molar-refractivity contribution in [2.75, 3.05) is 12.3 Å². The van der Waals surface area contributed by atoms with Crippen LogP contribution in [0.25, 0.3) is 0 Å². The minimum absolute atomic E-state index is 0.127. The first-order valence-corrected chi connectivity index (χ1v) is 6.93. The molecule has 0 saturated heterocycles. The molecule has 0 aliphatic carbocycles. The van der Waals surface area contributed by atoms with Crippen molar-refractivity contribution in [1.82, 2.24) is 5.32 Å². The Hall–Kier alpha value is -1.53. The van der Waals surface area contributed by atoms with Gasteiger partial charge in [0.1, 0.15) is 4.36 Å². The quantitative estimate of drug-likeness (QED) is 0.477. The highest BCUT2D eigenvalue weighted by atomic mass is 35.5. The van der Waals surface area contributed by atoms with Crippen LogP contribution >= 0.6 is 23.4 Å². The van der Waals surface area contributed by atoms with E-state index >= 15 is 0 Å². The first kappa shape index (κ1) is 15.5. The molecule has 0 saturated carbocycles. The second kappa shape index (κ2) is 8.55. The van der Waals surface area contributed by atoms with Gasteiger partial charge in [-0.05, 0) is 18.6 Å². The maximum Gasteiger partial charge on any atom is 0.259 e. The molecule has 0 heterocycles. The van der Waals surface area contributed by atoms with Crippen molar-refractivity contribution < 1.29 is 9.72 Å². The van der Waals surface area contributed by atoms with E-state index in [0.717, 1.165) is 6.20 Å². The lowest BCUT2D eigenvalue weighted by molar-refractivity contribution is -0.402. The minimum atomic E-state index is -0.591. The Morgan fingerprint density at radius 2 is 2.11 bits per heavy atom.